The summed E-state index contributed by atoms with van der Waals surface area (Å²) in [6.07, 6.45) is 3.95. The van der Waals surface area contributed by atoms with Crippen molar-refractivity contribution in [2.24, 2.45) is 0 Å². The third-order valence-electron chi connectivity index (χ3n) is 2.59. The number of carbonyl (C=O) groups is 1. The summed E-state index contributed by atoms with van der Waals surface area (Å²) in [6.45, 7) is 12.2. The molecule has 0 aliphatic rings. The maximum atomic E-state index is 11.1. The second-order valence-corrected chi connectivity index (χ2v) is 3.98. The largest absolute Gasteiger partial charge is 0.476 e. The summed E-state index contributed by atoms with van der Waals surface area (Å²) in [5, 5.41) is 13.2. The molecule has 0 atom stereocenters. The Kier molecular flexibility index (Phi) is 10.1. The topological polar surface area (TPSA) is 55.1 Å². The standard InChI is InChI=1S/C14H14N2O2.2C2H6/c1-2-6-12-10-16(15-13(12)14(17)18)9-11-7-4-3-5-8-11;2*1-2/h2-5,7-8,10H,1,6,9H2,(H,17,18);2*1-2H3. The second kappa shape index (κ2) is 11.3. The highest BCUT2D eigenvalue weighted by Gasteiger charge is 2.14. The number of hydrogen-bond donors (Lipinski definition) is 1. The van der Waals surface area contributed by atoms with Gasteiger partial charge in [-0.3, -0.25) is 4.68 Å². The second-order valence-electron chi connectivity index (χ2n) is 3.98. The lowest BCUT2D eigenvalue weighted by atomic mass is 10.2. The van der Waals surface area contributed by atoms with Crippen LogP contribution in [0.2, 0.25) is 0 Å². The summed E-state index contributed by atoms with van der Waals surface area (Å²) in [7, 11) is 0. The highest BCUT2D eigenvalue weighted by atomic mass is 16.4. The molecule has 0 radical (unpaired) electrons. The van der Waals surface area contributed by atoms with Crippen LogP contribution in [0.3, 0.4) is 0 Å². The van der Waals surface area contributed by atoms with Crippen molar-refractivity contribution < 1.29 is 9.90 Å². The van der Waals surface area contributed by atoms with E-state index in [1.807, 2.05) is 58.0 Å². The molecule has 120 valence electrons. The molecule has 0 bridgehead atoms. The van der Waals surface area contributed by atoms with Crippen LogP contribution in [0.15, 0.2) is 49.2 Å². The third-order valence-corrected chi connectivity index (χ3v) is 2.59. The SMILES string of the molecule is C=CCc1cn(Cc2ccccc2)nc1C(=O)O.CC.CC. The van der Waals surface area contributed by atoms with Gasteiger partial charge in [0.25, 0.3) is 0 Å². The molecule has 2 rings (SSSR count). The molecule has 0 aliphatic carbocycles. The fraction of sp³-hybridized carbons (Fsp3) is 0.333. The first-order valence-corrected chi connectivity index (χ1v) is 7.65. The van der Waals surface area contributed by atoms with Crippen LogP contribution in [-0.4, -0.2) is 20.9 Å². The lowest BCUT2D eigenvalue weighted by Crippen LogP contribution is -2.04. The molecule has 2 aromatic rings. The minimum Gasteiger partial charge on any atom is -0.476 e. The number of benzene rings is 1. The zero-order valence-corrected chi connectivity index (χ0v) is 13.9. The summed E-state index contributed by atoms with van der Waals surface area (Å²) >= 11 is 0. The Hall–Kier alpha value is -2.36. The van der Waals surface area contributed by atoms with Crippen LogP contribution in [0.1, 0.15) is 49.3 Å². The van der Waals surface area contributed by atoms with Gasteiger partial charge in [-0.05, 0) is 12.0 Å². The molecular formula is C18H26N2O2. The Morgan fingerprint density at radius 3 is 2.32 bits per heavy atom. The van der Waals surface area contributed by atoms with Crippen LogP contribution >= 0.6 is 0 Å². The van der Waals surface area contributed by atoms with Crippen molar-refractivity contribution in [3.8, 4) is 0 Å². The zero-order chi connectivity index (χ0) is 17.0. The summed E-state index contributed by atoms with van der Waals surface area (Å²) < 4.78 is 1.65. The minimum absolute atomic E-state index is 0.103. The van der Waals surface area contributed by atoms with Crippen molar-refractivity contribution in [2.45, 2.75) is 40.7 Å². The van der Waals surface area contributed by atoms with Gasteiger partial charge in [-0.2, -0.15) is 5.10 Å². The van der Waals surface area contributed by atoms with Gasteiger partial charge in [0.1, 0.15) is 0 Å². The van der Waals surface area contributed by atoms with Crippen LogP contribution < -0.4 is 0 Å². The van der Waals surface area contributed by atoms with E-state index >= 15 is 0 Å². The summed E-state index contributed by atoms with van der Waals surface area (Å²) in [5.74, 6) is -1.00. The summed E-state index contributed by atoms with van der Waals surface area (Å²) in [5.41, 5.74) is 1.88. The molecular weight excluding hydrogens is 276 g/mol. The van der Waals surface area contributed by atoms with E-state index in [-0.39, 0.29) is 5.69 Å². The van der Waals surface area contributed by atoms with Gasteiger partial charge in [0.15, 0.2) is 5.69 Å². The molecule has 0 amide bonds. The quantitative estimate of drug-likeness (QED) is 0.832. The van der Waals surface area contributed by atoms with Crippen molar-refractivity contribution >= 4 is 5.97 Å². The van der Waals surface area contributed by atoms with Gasteiger partial charge in [-0.1, -0.05) is 64.1 Å². The summed E-state index contributed by atoms with van der Waals surface area (Å²) in [6, 6.07) is 9.80. The number of aromatic nitrogens is 2. The predicted octanol–water partition coefficient (Wildman–Crippen LogP) is 4.41. The number of hydrogen-bond acceptors (Lipinski definition) is 2. The first-order valence-electron chi connectivity index (χ1n) is 7.65. The van der Waals surface area contributed by atoms with E-state index in [9.17, 15) is 4.79 Å². The third kappa shape index (κ3) is 5.95. The van der Waals surface area contributed by atoms with Crippen LogP contribution in [0.4, 0.5) is 0 Å². The van der Waals surface area contributed by atoms with E-state index in [1.165, 1.54) is 0 Å². The molecule has 1 aromatic carbocycles. The number of carboxylic acid groups (broad SMARTS) is 1. The molecule has 22 heavy (non-hydrogen) atoms. The highest BCUT2D eigenvalue weighted by molar-refractivity contribution is 5.87. The first kappa shape index (κ1) is 19.6. The average molecular weight is 302 g/mol. The molecule has 0 spiro atoms. The smallest absolute Gasteiger partial charge is 0.356 e. The molecule has 0 saturated heterocycles. The van der Waals surface area contributed by atoms with Crippen LogP contribution in [0.5, 0.6) is 0 Å². The predicted molar refractivity (Wildman–Crippen MR) is 91.3 cm³/mol. The van der Waals surface area contributed by atoms with E-state index in [0.29, 0.717) is 18.5 Å². The average Bonchev–Trinajstić information content (AvgIpc) is 2.95. The van der Waals surface area contributed by atoms with E-state index in [1.54, 1.807) is 17.0 Å². The van der Waals surface area contributed by atoms with Crippen molar-refractivity contribution in [1.29, 1.82) is 0 Å². The molecule has 0 saturated carbocycles. The fourth-order valence-corrected chi connectivity index (χ4v) is 1.80. The van der Waals surface area contributed by atoms with Gasteiger partial charge < -0.3 is 5.11 Å². The maximum Gasteiger partial charge on any atom is 0.356 e. The minimum atomic E-state index is -1.00. The molecule has 0 unspecified atom stereocenters. The van der Waals surface area contributed by atoms with Crippen LogP contribution in [0.25, 0.3) is 0 Å². The molecule has 0 fully saturated rings. The zero-order valence-electron chi connectivity index (χ0n) is 13.9. The molecule has 1 heterocycles. The lowest BCUT2D eigenvalue weighted by molar-refractivity contribution is 0.0688. The number of aromatic carboxylic acids is 1. The van der Waals surface area contributed by atoms with Gasteiger partial charge in [0.05, 0.1) is 6.54 Å². The maximum absolute atomic E-state index is 11.1. The first-order chi connectivity index (χ1) is 10.7. The van der Waals surface area contributed by atoms with Crippen LogP contribution in [-0.2, 0) is 13.0 Å². The molecule has 1 N–H and O–H groups in total. The fourth-order valence-electron chi connectivity index (χ4n) is 1.80. The van der Waals surface area contributed by atoms with Gasteiger partial charge in [-0.25, -0.2) is 4.79 Å². The summed E-state index contributed by atoms with van der Waals surface area (Å²) in [4.78, 5) is 11.1. The number of nitrogens with zero attached hydrogens (tertiary/aromatic N) is 2. The van der Waals surface area contributed by atoms with Crippen molar-refractivity contribution in [3.05, 3.63) is 66.0 Å². The highest BCUT2D eigenvalue weighted by Crippen LogP contribution is 2.10. The van der Waals surface area contributed by atoms with Gasteiger partial charge >= 0.3 is 5.97 Å². The monoisotopic (exact) mass is 302 g/mol. The molecule has 0 aliphatic heterocycles. The van der Waals surface area contributed by atoms with E-state index in [2.05, 4.69) is 11.7 Å². The van der Waals surface area contributed by atoms with Crippen molar-refractivity contribution in [3.63, 3.8) is 0 Å². The van der Waals surface area contributed by atoms with Gasteiger partial charge in [-0.15, -0.1) is 6.58 Å². The van der Waals surface area contributed by atoms with Gasteiger partial charge in [0, 0.05) is 11.8 Å². The Bertz CT molecular complexity index is 560. The molecule has 4 nitrogen and oxygen atoms in total. The Labute approximate surface area is 133 Å². The van der Waals surface area contributed by atoms with Gasteiger partial charge in [0.2, 0.25) is 0 Å². The number of allylic oxidation sites excluding steroid dienone is 1. The number of rotatable bonds is 5. The Morgan fingerprint density at radius 2 is 1.82 bits per heavy atom. The Morgan fingerprint density at radius 1 is 1.23 bits per heavy atom. The number of carboxylic acids is 1. The lowest BCUT2D eigenvalue weighted by Gasteiger charge is -2.00. The van der Waals surface area contributed by atoms with E-state index in [0.717, 1.165) is 5.56 Å². The molecule has 4 heteroatoms. The van der Waals surface area contributed by atoms with Crippen LogP contribution in [0, 0.1) is 0 Å². The molecule has 1 aromatic heterocycles. The normalized spacial score (nSPS) is 8.91. The van der Waals surface area contributed by atoms with E-state index < -0.39 is 5.97 Å². The van der Waals surface area contributed by atoms with Crippen molar-refractivity contribution in [2.75, 3.05) is 0 Å². The Balaban J connectivity index is 0.00000102. The van der Waals surface area contributed by atoms with E-state index in [4.69, 9.17) is 5.11 Å². The van der Waals surface area contributed by atoms with Crippen molar-refractivity contribution in [1.82, 2.24) is 9.78 Å².